The Morgan fingerprint density at radius 1 is 1.05 bits per heavy atom. The number of hydrogen-bond donors (Lipinski definition) is 1. The van der Waals surface area contributed by atoms with Crippen LogP contribution in [-0.2, 0) is 9.59 Å². The standard InChI is InChI=1S/C17H16N2O2S/c1-10-6-7-12(9-11(10)2)18-15-14(13-5-4-8-22-13)16(20)19(3)17(15)21/h4-9,18H,1-3H3. The van der Waals surface area contributed by atoms with E-state index >= 15 is 0 Å². The summed E-state index contributed by atoms with van der Waals surface area (Å²) in [5, 5.41) is 5.03. The first-order valence-electron chi connectivity index (χ1n) is 6.94. The molecule has 2 aromatic rings. The first-order chi connectivity index (χ1) is 10.5. The molecule has 1 aromatic heterocycles. The van der Waals surface area contributed by atoms with E-state index in [0.717, 1.165) is 21.0 Å². The van der Waals surface area contributed by atoms with Crippen LogP contribution in [0.2, 0.25) is 0 Å². The Hall–Kier alpha value is -2.40. The van der Waals surface area contributed by atoms with Crippen molar-refractivity contribution in [1.82, 2.24) is 4.90 Å². The Labute approximate surface area is 133 Å². The van der Waals surface area contributed by atoms with Crippen molar-refractivity contribution in [3.63, 3.8) is 0 Å². The predicted molar refractivity (Wildman–Crippen MR) is 88.6 cm³/mol. The summed E-state index contributed by atoms with van der Waals surface area (Å²) in [6, 6.07) is 9.61. The lowest BCUT2D eigenvalue weighted by atomic mass is 10.1. The topological polar surface area (TPSA) is 49.4 Å². The van der Waals surface area contributed by atoms with Gasteiger partial charge in [-0.15, -0.1) is 11.3 Å². The number of amides is 2. The molecular weight excluding hydrogens is 296 g/mol. The summed E-state index contributed by atoms with van der Waals surface area (Å²) >= 11 is 1.45. The van der Waals surface area contributed by atoms with Crippen LogP contribution < -0.4 is 5.32 Å². The molecule has 0 spiro atoms. The molecule has 22 heavy (non-hydrogen) atoms. The summed E-state index contributed by atoms with van der Waals surface area (Å²) in [6.07, 6.45) is 0. The Morgan fingerprint density at radius 2 is 1.82 bits per heavy atom. The molecule has 1 aromatic carbocycles. The smallest absolute Gasteiger partial charge is 0.277 e. The van der Waals surface area contributed by atoms with Crippen molar-refractivity contribution in [2.45, 2.75) is 13.8 Å². The minimum atomic E-state index is -0.299. The molecule has 0 aliphatic carbocycles. The van der Waals surface area contributed by atoms with Gasteiger partial charge in [0.1, 0.15) is 5.70 Å². The number of thiophene rings is 1. The highest BCUT2D eigenvalue weighted by molar-refractivity contribution is 7.11. The molecule has 3 rings (SSSR count). The average Bonchev–Trinajstić information content (AvgIpc) is 3.08. The molecule has 0 radical (unpaired) electrons. The largest absolute Gasteiger partial charge is 0.350 e. The van der Waals surface area contributed by atoms with Gasteiger partial charge in [0.25, 0.3) is 11.8 Å². The number of nitrogens with one attached hydrogen (secondary N) is 1. The van der Waals surface area contributed by atoms with E-state index in [-0.39, 0.29) is 11.8 Å². The molecule has 1 N–H and O–H groups in total. The van der Waals surface area contributed by atoms with Crippen LogP contribution in [0.3, 0.4) is 0 Å². The van der Waals surface area contributed by atoms with E-state index in [9.17, 15) is 9.59 Å². The van der Waals surface area contributed by atoms with Gasteiger partial charge in [0.05, 0.1) is 5.57 Å². The van der Waals surface area contributed by atoms with Crippen LogP contribution in [0.25, 0.3) is 5.57 Å². The van der Waals surface area contributed by atoms with Gasteiger partial charge in [0, 0.05) is 17.6 Å². The van der Waals surface area contributed by atoms with Crippen molar-refractivity contribution < 1.29 is 9.59 Å². The van der Waals surface area contributed by atoms with Gasteiger partial charge in [-0.05, 0) is 48.6 Å². The molecule has 2 heterocycles. The van der Waals surface area contributed by atoms with E-state index in [2.05, 4.69) is 5.32 Å². The van der Waals surface area contributed by atoms with Gasteiger partial charge in [-0.25, -0.2) is 0 Å². The van der Waals surface area contributed by atoms with Crippen molar-refractivity contribution in [3.8, 4) is 0 Å². The summed E-state index contributed by atoms with van der Waals surface area (Å²) in [5.41, 5.74) is 3.92. The number of carbonyl (C=O) groups excluding carboxylic acids is 2. The van der Waals surface area contributed by atoms with E-state index in [4.69, 9.17) is 0 Å². The second kappa shape index (κ2) is 5.42. The maximum atomic E-state index is 12.4. The zero-order valence-electron chi connectivity index (χ0n) is 12.6. The van der Waals surface area contributed by atoms with Crippen molar-refractivity contribution in [2.75, 3.05) is 12.4 Å². The third-order valence-electron chi connectivity index (χ3n) is 3.83. The van der Waals surface area contributed by atoms with Crippen molar-refractivity contribution in [1.29, 1.82) is 0 Å². The number of carbonyl (C=O) groups is 2. The monoisotopic (exact) mass is 312 g/mol. The summed E-state index contributed by atoms with van der Waals surface area (Å²) in [7, 11) is 1.51. The molecule has 0 bridgehead atoms. The lowest BCUT2D eigenvalue weighted by Gasteiger charge is -2.10. The highest BCUT2D eigenvalue weighted by Crippen LogP contribution is 2.32. The van der Waals surface area contributed by atoms with Crippen LogP contribution in [-0.4, -0.2) is 23.8 Å². The molecule has 4 nitrogen and oxygen atoms in total. The molecule has 1 aliphatic heterocycles. The predicted octanol–water partition coefficient (Wildman–Crippen LogP) is 3.19. The van der Waals surface area contributed by atoms with Crippen LogP contribution in [0.5, 0.6) is 0 Å². The van der Waals surface area contributed by atoms with E-state index in [1.807, 2.05) is 49.6 Å². The molecule has 0 saturated carbocycles. The zero-order valence-corrected chi connectivity index (χ0v) is 13.5. The fourth-order valence-corrected chi connectivity index (χ4v) is 3.14. The van der Waals surface area contributed by atoms with Crippen LogP contribution >= 0.6 is 11.3 Å². The second-order valence-electron chi connectivity index (χ2n) is 5.32. The first kappa shape index (κ1) is 14.5. The first-order valence-corrected chi connectivity index (χ1v) is 7.82. The van der Waals surface area contributed by atoms with E-state index < -0.39 is 0 Å². The lowest BCUT2D eigenvalue weighted by molar-refractivity contribution is -0.135. The number of hydrogen-bond acceptors (Lipinski definition) is 4. The van der Waals surface area contributed by atoms with Crippen molar-refractivity contribution in [3.05, 3.63) is 57.4 Å². The fraction of sp³-hybridized carbons (Fsp3) is 0.176. The summed E-state index contributed by atoms with van der Waals surface area (Å²) in [4.78, 5) is 26.7. The van der Waals surface area contributed by atoms with Gasteiger partial charge >= 0.3 is 0 Å². The normalized spacial score (nSPS) is 15.0. The molecule has 0 atom stereocenters. The van der Waals surface area contributed by atoms with Crippen molar-refractivity contribution in [2.24, 2.45) is 0 Å². The number of aryl methyl sites for hydroxylation is 2. The number of rotatable bonds is 3. The second-order valence-corrected chi connectivity index (χ2v) is 6.27. The number of nitrogens with zero attached hydrogens (tertiary/aromatic N) is 1. The Morgan fingerprint density at radius 3 is 2.45 bits per heavy atom. The highest BCUT2D eigenvalue weighted by Gasteiger charge is 2.37. The van der Waals surface area contributed by atoms with Crippen LogP contribution in [0.1, 0.15) is 16.0 Å². The molecule has 112 valence electrons. The van der Waals surface area contributed by atoms with Gasteiger partial charge in [-0.1, -0.05) is 12.1 Å². The molecular formula is C17H16N2O2S. The van der Waals surface area contributed by atoms with Gasteiger partial charge in [0.2, 0.25) is 0 Å². The average molecular weight is 312 g/mol. The third-order valence-corrected chi connectivity index (χ3v) is 4.72. The van der Waals surface area contributed by atoms with E-state index in [1.165, 1.54) is 23.9 Å². The molecule has 0 fully saturated rings. The van der Waals surface area contributed by atoms with Crippen LogP contribution in [0, 0.1) is 13.8 Å². The third kappa shape index (κ3) is 2.33. The summed E-state index contributed by atoms with van der Waals surface area (Å²) < 4.78 is 0. The Kier molecular flexibility index (Phi) is 3.58. The Bertz CT molecular complexity index is 791. The van der Waals surface area contributed by atoms with E-state index in [0.29, 0.717) is 11.3 Å². The minimum absolute atomic E-state index is 0.265. The van der Waals surface area contributed by atoms with Gasteiger partial charge < -0.3 is 5.32 Å². The molecule has 0 unspecified atom stereocenters. The maximum absolute atomic E-state index is 12.4. The Balaban J connectivity index is 2.06. The number of likely N-dealkylation sites (N-methyl/N-ethyl adjacent to an activating group) is 1. The summed E-state index contributed by atoms with van der Waals surface area (Å²) in [6.45, 7) is 4.05. The van der Waals surface area contributed by atoms with Gasteiger partial charge in [-0.3, -0.25) is 14.5 Å². The highest BCUT2D eigenvalue weighted by atomic mass is 32.1. The van der Waals surface area contributed by atoms with Crippen LogP contribution in [0.15, 0.2) is 41.4 Å². The fourth-order valence-electron chi connectivity index (χ4n) is 2.37. The van der Waals surface area contributed by atoms with E-state index in [1.54, 1.807) is 0 Å². The quantitative estimate of drug-likeness (QED) is 0.886. The summed E-state index contributed by atoms with van der Waals surface area (Å²) in [5.74, 6) is -0.564. The van der Waals surface area contributed by atoms with Gasteiger partial charge in [-0.2, -0.15) is 0 Å². The molecule has 1 aliphatic rings. The minimum Gasteiger partial charge on any atom is -0.350 e. The van der Waals surface area contributed by atoms with Gasteiger partial charge in [0.15, 0.2) is 0 Å². The maximum Gasteiger partial charge on any atom is 0.277 e. The number of benzene rings is 1. The number of imide groups is 1. The zero-order chi connectivity index (χ0) is 15.9. The molecule has 5 heteroatoms. The van der Waals surface area contributed by atoms with Crippen molar-refractivity contribution >= 4 is 34.4 Å². The molecule has 0 saturated heterocycles. The number of anilines is 1. The van der Waals surface area contributed by atoms with Crippen LogP contribution in [0.4, 0.5) is 5.69 Å². The lowest BCUT2D eigenvalue weighted by Crippen LogP contribution is -2.27. The SMILES string of the molecule is Cc1ccc(NC2=C(c3cccs3)C(=O)N(C)C2=O)cc1C. The molecule has 2 amide bonds.